The van der Waals surface area contributed by atoms with Gasteiger partial charge in [0.2, 0.25) is 11.8 Å². The second kappa shape index (κ2) is 8.05. The Morgan fingerprint density at radius 3 is 2.77 bits per heavy atom. The average Bonchev–Trinajstić information content (AvgIpc) is 3.09. The van der Waals surface area contributed by atoms with Gasteiger partial charge in [-0.2, -0.15) is 0 Å². The maximum Gasteiger partial charge on any atom is 0.277 e. The maximum absolute atomic E-state index is 12.2. The van der Waals surface area contributed by atoms with Crippen molar-refractivity contribution in [2.24, 2.45) is 0 Å². The van der Waals surface area contributed by atoms with E-state index >= 15 is 0 Å². The molecule has 0 aliphatic carbocycles. The molecular weight excluding hydrogens is 350 g/mol. The molecule has 0 atom stereocenters. The normalized spacial score (nSPS) is 10.6. The third-order valence-corrected chi connectivity index (χ3v) is 4.56. The third-order valence-electron chi connectivity index (χ3n) is 3.74. The molecule has 0 aliphatic heterocycles. The summed E-state index contributed by atoms with van der Waals surface area (Å²) < 4.78 is 10.9. The number of methoxy groups -OCH3 is 1. The highest BCUT2D eigenvalue weighted by Gasteiger charge is 2.13. The standard InChI is InChI=1S/C19H19N3O3S/c1-12-8-9-16(24-3)15(10-12)20-17(23)11-26-19-22-21-18(25-19)14-7-5-4-6-13(14)2/h4-10H,11H2,1-3H3,(H,20,23). The van der Waals surface area contributed by atoms with E-state index in [1.165, 1.54) is 11.8 Å². The minimum Gasteiger partial charge on any atom is -0.495 e. The molecule has 6 nitrogen and oxygen atoms in total. The van der Waals surface area contributed by atoms with Gasteiger partial charge < -0.3 is 14.5 Å². The Bertz CT molecular complexity index is 924. The second-order valence-corrected chi connectivity index (χ2v) is 6.66. The molecule has 3 aromatic rings. The fraction of sp³-hybridized carbons (Fsp3) is 0.211. The Balaban J connectivity index is 1.62. The Morgan fingerprint density at radius 2 is 2.00 bits per heavy atom. The Morgan fingerprint density at radius 1 is 1.19 bits per heavy atom. The summed E-state index contributed by atoms with van der Waals surface area (Å²) in [6.07, 6.45) is 0. The predicted molar refractivity (Wildman–Crippen MR) is 102 cm³/mol. The van der Waals surface area contributed by atoms with E-state index in [9.17, 15) is 4.79 Å². The molecule has 0 spiro atoms. The van der Waals surface area contributed by atoms with Gasteiger partial charge in [-0.3, -0.25) is 4.79 Å². The molecular formula is C19H19N3O3S. The topological polar surface area (TPSA) is 77.2 Å². The van der Waals surface area contributed by atoms with Crippen LogP contribution in [0.5, 0.6) is 5.75 Å². The molecule has 7 heteroatoms. The first-order valence-electron chi connectivity index (χ1n) is 8.03. The van der Waals surface area contributed by atoms with E-state index in [-0.39, 0.29) is 11.7 Å². The van der Waals surface area contributed by atoms with Gasteiger partial charge in [0, 0.05) is 5.56 Å². The third kappa shape index (κ3) is 4.23. The maximum atomic E-state index is 12.2. The van der Waals surface area contributed by atoms with Crippen LogP contribution in [0.2, 0.25) is 0 Å². The number of amides is 1. The number of hydrogen-bond acceptors (Lipinski definition) is 6. The van der Waals surface area contributed by atoms with Crippen molar-refractivity contribution >= 4 is 23.4 Å². The van der Waals surface area contributed by atoms with E-state index in [1.54, 1.807) is 7.11 Å². The largest absolute Gasteiger partial charge is 0.495 e. The van der Waals surface area contributed by atoms with E-state index in [0.29, 0.717) is 22.6 Å². The first-order valence-corrected chi connectivity index (χ1v) is 9.02. The van der Waals surface area contributed by atoms with Crippen LogP contribution in [0, 0.1) is 13.8 Å². The van der Waals surface area contributed by atoms with Crippen LogP contribution < -0.4 is 10.1 Å². The smallest absolute Gasteiger partial charge is 0.277 e. The summed E-state index contributed by atoms with van der Waals surface area (Å²) in [5.74, 6) is 1.06. The number of aromatic nitrogens is 2. The molecule has 0 unspecified atom stereocenters. The van der Waals surface area contributed by atoms with Crippen LogP contribution in [0.15, 0.2) is 52.1 Å². The summed E-state index contributed by atoms with van der Waals surface area (Å²) in [4.78, 5) is 12.2. The van der Waals surface area contributed by atoms with Gasteiger partial charge in [-0.05, 0) is 43.2 Å². The van der Waals surface area contributed by atoms with E-state index in [0.717, 1.165) is 16.7 Å². The number of thioether (sulfide) groups is 1. The summed E-state index contributed by atoms with van der Waals surface area (Å²) in [6.45, 7) is 3.93. The molecule has 0 saturated heterocycles. The van der Waals surface area contributed by atoms with Crippen LogP contribution in [-0.4, -0.2) is 29.0 Å². The Hall–Kier alpha value is -2.80. The van der Waals surface area contributed by atoms with Crippen molar-refractivity contribution in [3.63, 3.8) is 0 Å². The number of benzene rings is 2. The minimum atomic E-state index is -0.172. The highest BCUT2D eigenvalue weighted by Crippen LogP contribution is 2.27. The van der Waals surface area contributed by atoms with Crippen molar-refractivity contribution in [3.05, 3.63) is 53.6 Å². The number of ether oxygens (including phenoxy) is 1. The minimum absolute atomic E-state index is 0.159. The zero-order valence-corrected chi connectivity index (χ0v) is 15.6. The van der Waals surface area contributed by atoms with E-state index in [4.69, 9.17) is 9.15 Å². The number of aryl methyl sites for hydroxylation is 2. The summed E-state index contributed by atoms with van der Waals surface area (Å²) in [6, 6.07) is 13.4. The highest BCUT2D eigenvalue weighted by molar-refractivity contribution is 7.99. The second-order valence-electron chi connectivity index (χ2n) is 5.73. The van der Waals surface area contributed by atoms with Crippen LogP contribution in [0.25, 0.3) is 11.5 Å². The van der Waals surface area contributed by atoms with Gasteiger partial charge in [0.25, 0.3) is 5.22 Å². The van der Waals surface area contributed by atoms with E-state index in [2.05, 4.69) is 15.5 Å². The molecule has 0 fully saturated rings. The number of hydrogen-bond donors (Lipinski definition) is 1. The summed E-state index contributed by atoms with van der Waals surface area (Å²) >= 11 is 1.19. The average molecular weight is 369 g/mol. The van der Waals surface area contributed by atoms with Crippen LogP contribution >= 0.6 is 11.8 Å². The summed E-state index contributed by atoms with van der Waals surface area (Å²) in [5.41, 5.74) is 3.62. The zero-order chi connectivity index (χ0) is 18.5. The van der Waals surface area contributed by atoms with Crippen molar-refractivity contribution in [3.8, 4) is 17.2 Å². The molecule has 0 radical (unpaired) electrons. The lowest BCUT2D eigenvalue weighted by atomic mass is 10.1. The Labute approximate surface area is 156 Å². The SMILES string of the molecule is COc1ccc(C)cc1NC(=O)CSc1nnc(-c2ccccc2C)o1. The molecule has 1 N–H and O–H groups in total. The summed E-state index contributed by atoms with van der Waals surface area (Å²) in [7, 11) is 1.57. The van der Waals surface area contributed by atoms with Gasteiger partial charge in [0.15, 0.2) is 0 Å². The molecule has 1 aromatic heterocycles. The molecule has 0 saturated carbocycles. The van der Waals surface area contributed by atoms with Crippen LogP contribution in [-0.2, 0) is 4.79 Å². The number of nitrogens with zero attached hydrogens (tertiary/aromatic N) is 2. The van der Waals surface area contributed by atoms with E-state index < -0.39 is 0 Å². The quantitative estimate of drug-likeness (QED) is 0.660. The number of carbonyl (C=O) groups is 1. The molecule has 1 heterocycles. The lowest BCUT2D eigenvalue weighted by Gasteiger charge is -2.10. The molecule has 1 amide bonds. The molecule has 0 bridgehead atoms. The van der Waals surface area contributed by atoms with Gasteiger partial charge in [-0.15, -0.1) is 10.2 Å². The summed E-state index contributed by atoms with van der Waals surface area (Å²) in [5, 5.41) is 11.3. The molecule has 134 valence electrons. The van der Waals surface area contributed by atoms with Crippen LogP contribution in [0.4, 0.5) is 5.69 Å². The number of rotatable bonds is 6. The Kier molecular flexibility index (Phi) is 5.58. The first kappa shape index (κ1) is 18.0. The van der Waals surface area contributed by atoms with Crippen LogP contribution in [0.3, 0.4) is 0 Å². The first-order chi connectivity index (χ1) is 12.6. The van der Waals surface area contributed by atoms with Crippen molar-refractivity contribution in [1.29, 1.82) is 0 Å². The molecule has 26 heavy (non-hydrogen) atoms. The number of anilines is 1. The number of carbonyl (C=O) groups excluding carboxylic acids is 1. The number of nitrogens with one attached hydrogen (secondary N) is 1. The van der Waals surface area contributed by atoms with Crippen molar-refractivity contribution < 1.29 is 13.9 Å². The van der Waals surface area contributed by atoms with Crippen LogP contribution in [0.1, 0.15) is 11.1 Å². The lowest BCUT2D eigenvalue weighted by molar-refractivity contribution is -0.113. The molecule has 0 aliphatic rings. The van der Waals surface area contributed by atoms with Gasteiger partial charge in [-0.1, -0.05) is 36.0 Å². The zero-order valence-electron chi connectivity index (χ0n) is 14.8. The van der Waals surface area contributed by atoms with Crippen molar-refractivity contribution in [2.75, 3.05) is 18.2 Å². The fourth-order valence-corrected chi connectivity index (χ4v) is 2.99. The monoisotopic (exact) mass is 369 g/mol. The lowest BCUT2D eigenvalue weighted by Crippen LogP contribution is -2.14. The van der Waals surface area contributed by atoms with Crippen molar-refractivity contribution in [1.82, 2.24) is 10.2 Å². The highest BCUT2D eigenvalue weighted by atomic mass is 32.2. The predicted octanol–water partition coefficient (Wildman–Crippen LogP) is 4.09. The van der Waals surface area contributed by atoms with Crippen molar-refractivity contribution in [2.45, 2.75) is 19.1 Å². The molecule has 2 aromatic carbocycles. The van der Waals surface area contributed by atoms with Gasteiger partial charge in [0.1, 0.15) is 5.75 Å². The van der Waals surface area contributed by atoms with Gasteiger partial charge in [-0.25, -0.2) is 0 Å². The molecule has 3 rings (SSSR count). The fourth-order valence-electron chi connectivity index (χ4n) is 2.42. The van der Waals surface area contributed by atoms with Gasteiger partial charge in [0.05, 0.1) is 18.6 Å². The van der Waals surface area contributed by atoms with Gasteiger partial charge >= 0.3 is 0 Å². The van der Waals surface area contributed by atoms with E-state index in [1.807, 2.05) is 56.3 Å².